The van der Waals surface area contributed by atoms with Crippen LogP contribution in [0.5, 0.6) is 5.75 Å². The van der Waals surface area contributed by atoms with Gasteiger partial charge in [0.15, 0.2) is 0 Å². The average Bonchev–Trinajstić information content (AvgIpc) is 2.53. The lowest BCUT2D eigenvalue weighted by atomic mass is 9.95. The number of methoxy groups -OCH3 is 1. The van der Waals surface area contributed by atoms with Gasteiger partial charge in [0.25, 0.3) is 0 Å². The Morgan fingerprint density at radius 3 is 2.14 bits per heavy atom. The summed E-state index contributed by atoms with van der Waals surface area (Å²) < 4.78 is 5.19. The highest BCUT2D eigenvalue weighted by Gasteiger charge is 2.08. The third-order valence-electron chi connectivity index (χ3n) is 4.12. The van der Waals surface area contributed by atoms with Gasteiger partial charge in [-0.15, -0.1) is 11.6 Å². The first-order valence-electron chi connectivity index (χ1n) is 8.49. The van der Waals surface area contributed by atoms with Gasteiger partial charge in [0.1, 0.15) is 5.75 Å². The van der Waals surface area contributed by atoms with Crippen molar-refractivity contribution in [3.63, 3.8) is 0 Å². The molecule has 0 aliphatic heterocycles. The van der Waals surface area contributed by atoms with Crippen LogP contribution >= 0.6 is 11.6 Å². The minimum atomic E-state index is 0.607. The second-order valence-corrected chi connectivity index (χ2v) is 6.29. The number of benzene rings is 1. The fourth-order valence-electron chi connectivity index (χ4n) is 2.72. The van der Waals surface area contributed by atoms with E-state index in [0.29, 0.717) is 5.92 Å². The summed E-state index contributed by atoms with van der Waals surface area (Å²) in [7, 11) is 1.71. The second-order valence-electron chi connectivity index (χ2n) is 5.98. The van der Waals surface area contributed by atoms with Crippen molar-refractivity contribution in [1.29, 1.82) is 0 Å². The quantitative estimate of drug-likeness (QED) is 0.328. The summed E-state index contributed by atoms with van der Waals surface area (Å²) in [6, 6.07) is 8.38. The maximum Gasteiger partial charge on any atom is 0.118 e. The third-order valence-corrected chi connectivity index (χ3v) is 4.55. The van der Waals surface area contributed by atoms with Crippen LogP contribution in [0.2, 0.25) is 0 Å². The van der Waals surface area contributed by atoms with Crippen molar-refractivity contribution in [2.75, 3.05) is 13.0 Å². The number of rotatable bonds is 12. The largest absolute Gasteiger partial charge is 0.497 e. The second kappa shape index (κ2) is 11.9. The predicted octanol–water partition coefficient (Wildman–Crippen LogP) is 6.23. The summed E-state index contributed by atoms with van der Waals surface area (Å²) in [5, 5.41) is 0. The molecule has 0 N–H and O–H groups in total. The fraction of sp³-hybridized carbons (Fsp3) is 0.684. The number of halogens is 1. The minimum absolute atomic E-state index is 0.607. The molecule has 0 aliphatic carbocycles. The molecule has 0 fully saturated rings. The Morgan fingerprint density at radius 1 is 0.952 bits per heavy atom. The van der Waals surface area contributed by atoms with Gasteiger partial charge in [-0.05, 0) is 36.5 Å². The molecule has 1 nitrogen and oxygen atoms in total. The van der Waals surface area contributed by atoms with Crippen LogP contribution < -0.4 is 4.74 Å². The van der Waals surface area contributed by atoms with E-state index in [1.165, 1.54) is 56.9 Å². The van der Waals surface area contributed by atoms with E-state index < -0.39 is 0 Å². The zero-order valence-corrected chi connectivity index (χ0v) is 14.5. The van der Waals surface area contributed by atoms with Crippen LogP contribution in [0.15, 0.2) is 24.3 Å². The number of alkyl halides is 1. The molecule has 0 saturated heterocycles. The summed E-state index contributed by atoms with van der Waals surface area (Å²) in [5.41, 5.74) is 1.37. The Bertz CT molecular complexity index is 347. The van der Waals surface area contributed by atoms with Crippen molar-refractivity contribution < 1.29 is 4.74 Å². The van der Waals surface area contributed by atoms with E-state index in [9.17, 15) is 0 Å². The highest BCUT2D eigenvalue weighted by atomic mass is 35.5. The maximum absolute atomic E-state index is 6.13. The van der Waals surface area contributed by atoms with Gasteiger partial charge < -0.3 is 4.74 Å². The monoisotopic (exact) mass is 310 g/mol. The van der Waals surface area contributed by atoms with E-state index in [1.54, 1.807) is 7.11 Å². The van der Waals surface area contributed by atoms with Gasteiger partial charge in [-0.25, -0.2) is 0 Å². The normalized spacial score (nSPS) is 12.3. The third kappa shape index (κ3) is 8.36. The molecule has 0 aromatic heterocycles. The SMILES string of the molecule is CCCCCCCCCC(CCl)Cc1ccc(OC)cc1. The Balaban J connectivity index is 2.18. The molecule has 0 saturated carbocycles. The molecule has 0 heterocycles. The zero-order chi connectivity index (χ0) is 15.3. The van der Waals surface area contributed by atoms with Gasteiger partial charge in [-0.2, -0.15) is 0 Å². The molecular weight excluding hydrogens is 280 g/mol. The number of hydrogen-bond donors (Lipinski definition) is 0. The Kier molecular flexibility index (Phi) is 10.4. The molecule has 2 heteroatoms. The fourth-order valence-corrected chi connectivity index (χ4v) is 2.98. The van der Waals surface area contributed by atoms with Crippen LogP contribution in [-0.2, 0) is 6.42 Å². The van der Waals surface area contributed by atoms with E-state index >= 15 is 0 Å². The first-order valence-corrected chi connectivity index (χ1v) is 9.02. The lowest BCUT2D eigenvalue weighted by Crippen LogP contribution is -2.06. The molecule has 0 bridgehead atoms. The Morgan fingerprint density at radius 2 is 1.57 bits per heavy atom. The zero-order valence-electron chi connectivity index (χ0n) is 13.7. The number of ether oxygens (including phenoxy) is 1. The van der Waals surface area contributed by atoms with Gasteiger partial charge in [0.2, 0.25) is 0 Å². The highest BCUT2D eigenvalue weighted by molar-refractivity contribution is 6.18. The first-order chi connectivity index (χ1) is 10.3. The van der Waals surface area contributed by atoms with E-state index in [-0.39, 0.29) is 0 Å². The summed E-state index contributed by atoms with van der Waals surface area (Å²) in [6.07, 6.45) is 11.9. The Labute approximate surface area is 136 Å². The summed E-state index contributed by atoms with van der Waals surface area (Å²) in [5.74, 6) is 2.30. The summed E-state index contributed by atoms with van der Waals surface area (Å²) >= 11 is 6.13. The molecule has 21 heavy (non-hydrogen) atoms. The van der Waals surface area contributed by atoms with Gasteiger partial charge in [0, 0.05) is 5.88 Å². The van der Waals surface area contributed by atoms with E-state index in [1.807, 2.05) is 12.1 Å². The summed E-state index contributed by atoms with van der Waals surface area (Å²) in [4.78, 5) is 0. The smallest absolute Gasteiger partial charge is 0.118 e. The van der Waals surface area contributed by atoms with Gasteiger partial charge >= 0.3 is 0 Å². The molecule has 1 atom stereocenters. The molecule has 0 amide bonds. The molecule has 0 spiro atoms. The van der Waals surface area contributed by atoms with Crippen molar-refractivity contribution in [3.05, 3.63) is 29.8 Å². The molecular formula is C19H31ClO. The molecule has 1 aromatic carbocycles. The maximum atomic E-state index is 6.13. The molecule has 1 rings (SSSR count). The molecule has 0 aliphatic rings. The van der Waals surface area contributed by atoms with Crippen LogP contribution in [-0.4, -0.2) is 13.0 Å². The van der Waals surface area contributed by atoms with Crippen molar-refractivity contribution in [1.82, 2.24) is 0 Å². The van der Waals surface area contributed by atoms with Crippen molar-refractivity contribution >= 4 is 11.6 Å². The van der Waals surface area contributed by atoms with Crippen molar-refractivity contribution in [2.24, 2.45) is 5.92 Å². The minimum Gasteiger partial charge on any atom is -0.497 e. The topological polar surface area (TPSA) is 9.23 Å². The van der Waals surface area contributed by atoms with Crippen molar-refractivity contribution in [2.45, 2.75) is 64.7 Å². The van der Waals surface area contributed by atoms with Gasteiger partial charge in [-0.3, -0.25) is 0 Å². The summed E-state index contributed by atoms with van der Waals surface area (Å²) in [6.45, 7) is 2.27. The highest BCUT2D eigenvalue weighted by Crippen LogP contribution is 2.20. The lowest BCUT2D eigenvalue weighted by Gasteiger charge is -2.14. The van der Waals surface area contributed by atoms with Crippen LogP contribution in [0.3, 0.4) is 0 Å². The molecule has 0 radical (unpaired) electrons. The van der Waals surface area contributed by atoms with Crippen LogP contribution in [0.25, 0.3) is 0 Å². The number of unbranched alkanes of at least 4 members (excludes halogenated alkanes) is 6. The number of hydrogen-bond acceptors (Lipinski definition) is 1. The standard InChI is InChI=1S/C19H31ClO/c1-3-4-5-6-7-8-9-10-18(16-20)15-17-11-13-19(21-2)14-12-17/h11-14,18H,3-10,15-16H2,1-2H3. The Hall–Kier alpha value is -0.690. The van der Waals surface area contributed by atoms with Crippen LogP contribution in [0.4, 0.5) is 0 Å². The van der Waals surface area contributed by atoms with E-state index in [2.05, 4.69) is 19.1 Å². The molecule has 1 aromatic rings. The predicted molar refractivity (Wildman–Crippen MR) is 93.5 cm³/mol. The van der Waals surface area contributed by atoms with E-state index in [4.69, 9.17) is 16.3 Å². The van der Waals surface area contributed by atoms with Crippen LogP contribution in [0.1, 0.15) is 63.9 Å². The first kappa shape index (κ1) is 18.4. The van der Waals surface area contributed by atoms with Crippen LogP contribution in [0, 0.1) is 5.92 Å². The van der Waals surface area contributed by atoms with Gasteiger partial charge in [0.05, 0.1) is 7.11 Å². The van der Waals surface area contributed by atoms with Crippen molar-refractivity contribution in [3.8, 4) is 5.75 Å². The van der Waals surface area contributed by atoms with E-state index in [0.717, 1.165) is 18.1 Å². The molecule has 1 unspecified atom stereocenters. The average molecular weight is 311 g/mol. The lowest BCUT2D eigenvalue weighted by molar-refractivity contribution is 0.414. The molecule has 120 valence electrons. The van der Waals surface area contributed by atoms with Gasteiger partial charge in [-0.1, -0.05) is 64.0 Å².